The number of hydrogen-bond donors (Lipinski definition) is 3. The highest BCUT2D eigenvalue weighted by atomic mass is 16.5. The Labute approximate surface area is 135 Å². The Hall–Kier alpha value is -2.05. The molecule has 0 spiro atoms. The van der Waals surface area contributed by atoms with E-state index in [-0.39, 0.29) is 0 Å². The summed E-state index contributed by atoms with van der Waals surface area (Å²) in [6, 6.07) is 6.16. The van der Waals surface area contributed by atoms with Gasteiger partial charge in [-0.05, 0) is 37.1 Å². The number of hydrogen-bond acceptors (Lipinski definition) is 4. The second-order valence-corrected chi connectivity index (χ2v) is 5.93. The highest BCUT2D eigenvalue weighted by Crippen LogP contribution is 2.32. The van der Waals surface area contributed by atoms with Gasteiger partial charge in [-0.2, -0.15) is 0 Å². The number of aromatic nitrogens is 1. The van der Waals surface area contributed by atoms with Crippen molar-refractivity contribution in [2.24, 2.45) is 11.7 Å². The van der Waals surface area contributed by atoms with E-state index in [2.05, 4.69) is 16.0 Å². The smallest absolute Gasteiger partial charge is 0.306 e. The number of rotatable bonds is 6. The van der Waals surface area contributed by atoms with Gasteiger partial charge in [0.1, 0.15) is 0 Å². The molecule has 2 aromatic rings. The van der Waals surface area contributed by atoms with E-state index >= 15 is 0 Å². The third kappa shape index (κ3) is 3.33. The van der Waals surface area contributed by atoms with Gasteiger partial charge in [-0.3, -0.25) is 4.79 Å². The van der Waals surface area contributed by atoms with Gasteiger partial charge in [0.2, 0.25) is 0 Å². The highest BCUT2D eigenvalue weighted by molar-refractivity contribution is 5.95. The number of anilines is 1. The standard InChI is InChI=1S/C17H23N3O3/c18-5-4-12(17(21)22)10-13-11-19-14-2-1-3-15(16(13)14)20-6-8-23-9-7-20/h1-3,11-12,19H,4-10,18H2,(H,21,22). The summed E-state index contributed by atoms with van der Waals surface area (Å²) < 4.78 is 5.43. The summed E-state index contributed by atoms with van der Waals surface area (Å²) >= 11 is 0. The van der Waals surface area contributed by atoms with E-state index in [9.17, 15) is 9.90 Å². The van der Waals surface area contributed by atoms with E-state index in [0.717, 1.165) is 48.5 Å². The molecule has 124 valence electrons. The van der Waals surface area contributed by atoms with Crippen molar-refractivity contribution in [3.63, 3.8) is 0 Å². The van der Waals surface area contributed by atoms with Gasteiger partial charge >= 0.3 is 5.97 Å². The molecule has 23 heavy (non-hydrogen) atoms. The molecule has 2 heterocycles. The first kappa shape index (κ1) is 15.8. The SMILES string of the molecule is NCCC(Cc1c[nH]c2cccc(N3CCOCC3)c12)C(=O)O. The number of aromatic amines is 1. The average molecular weight is 317 g/mol. The van der Waals surface area contributed by atoms with Gasteiger partial charge in [0.15, 0.2) is 0 Å². The van der Waals surface area contributed by atoms with Gasteiger partial charge < -0.3 is 25.5 Å². The van der Waals surface area contributed by atoms with Crippen molar-refractivity contribution in [2.45, 2.75) is 12.8 Å². The molecule has 3 rings (SSSR count). The number of carboxylic acid groups (broad SMARTS) is 1. The van der Waals surface area contributed by atoms with Crippen LogP contribution in [-0.2, 0) is 16.0 Å². The molecule has 0 radical (unpaired) electrons. The number of H-pyrrole nitrogens is 1. The van der Waals surface area contributed by atoms with Crippen molar-refractivity contribution in [3.8, 4) is 0 Å². The first-order chi connectivity index (χ1) is 11.2. The number of fused-ring (bicyclic) bond motifs is 1. The Morgan fingerprint density at radius 3 is 2.87 bits per heavy atom. The van der Waals surface area contributed by atoms with Crippen LogP contribution in [0.1, 0.15) is 12.0 Å². The largest absolute Gasteiger partial charge is 0.481 e. The molecule has 6 heteroatoms. The van der Waals surface area contributed by atoms with Crippen LogP contribution >= 0.6 is 0 Å². The monoisotopic (exact) mass is 317 g/mol. The number of morpholine rings is 1. The number of nitrogens with two attached hydrogens (primary N) is 1. The fraction of sp³-hybridized carbons (Fsp3) is 0.471. The summed E-state index contributed by atoms with van der Waals surface area (Å²) in [6.45, 7) is 3.54. The third-order valence-corrected chi connectivity index (χ3v) is 4.45. The maximum atomic E-state index is 11.4. The number of carboxylic acids is 1. The maximum Gasteiger partial charge on any atom is 0.306 e. The van der Waals surface area contributed by atoms with Crippen LogP contribution < -0.4 is 10.6 Å². The number of ether oxygens (including phenoxy) is 1. The van der Waals surface area contributed by atoms with Gasteiger partial charge in [-0.1, -0.05) is 6.07 Å². The number of carbonyl (C=O) groups is 1. The normalized spacial score (nSPS) is 16.7. The Morgan fingerprint density at radius 2 is 2.17 bits per heavy atom. The van der Waals surface area contributed by atoms with Gasteiger partial charge in [0, 0.05) is 35.9 Å². The molecule has 1 unspecified atom stereocenters. The topological polar surface area (TPSA) is 91.6 Å². The Kier molecular flexibility index (Phi) is 4.83. The van der Waals surface area contributed by atoms with Crippen molar-refractivity contribution in [3.05, 3.63) is 30.0 Å². The fourth-order valence-electron chi connectivity index (χ4n) is 3.24. The summed E-state index contributed by atoms with van der Waals surface area (Å²) in [5.41, 5.74) is 8.80. The molecule has 4 N–H and O–H groups in total. The summed E-state index contributed by atoms with van der Waals surface area (Å²) in [7, 11) is 0. The molecule has 0 saturated carbocycles. The lowest BCUT2D eigenvalue weighted by atomic mass is 9.95. The average Bonchev–Trinajstić information content (AvgIpc) is 2.98. The molecule has 6 nitrogen and oxygen atoms in total. The molecule has 0 aliphatic carbocycles. The molecular weight excluding hydrogens is 294 g/mol. The van der Waals surface area contributed by atoms with E-state index in [4.69, 9.17) is 10.5 Å². The van der Waals surface area contributed by atoms with E-state index in [0.29, 0.717) is 19.4 Å². The van der Waals surface area contributed by atoms with Crippen molar-refractivity contribution < 1.29 is 14.6 Å². The van der Waals surface area contributed by atoms with Gasteiger partial charge in [0.05, 0.1) is 19.1 Å². The molecule has 0 bridgehead atoms. The zero-order valence-electron chi connectivity index (χ0n) is 13.1. The zero-order chi connectivity index (χ0) is 16.2. The van der Waals surface area contributed by atoms with E-state index in [1.807, 2.05) is 18.3 Å². The quantitative estimate of drug-likeness (QED) is 0.752. The first-order valence-corrected chi connectivity index (χ1v) is 8.05. The summed E-state index contributed by atoms with van der Waals surface area (Å²) in [6.07, 6.45) is 2.91. The third-order valence-electron chi connectivity index (χ3n) is 4.45. The van der Waals surface area contributed by atoms with Crippen LogP contribution in [0.25, 0.3) is 10.9 Å². The second kappa shape index (κ2) is 7.02. The minimum atomic E-state index is -0.784. The van der Waals surface area contributed by atoms with Gasteiger partial charge in [0.25, 0.3) is 0 Å². The van der Waals surface area contributed by atoms with Crippen molar-refractivity contribution in [1.29, 1.82) is 0 Å². The molecule has 1 atom stereocenters. The Morgan fingerprint density at radius 1 is 1.39 bits per heavy atom. The van der Waals surface area contributed by atoms with Crippen molar-refractivity contribution in [2.75, 3.05) is 37.7 Å². The lowest BCUT2D eigenvalue weighted by molar-refractivity contribution is -0.141. The van der Waals surface area contributed by atoms with Crippen LogP contribution in [0.15, 0.2) is 24.4 Å². The number of benzene rings is 1. The Balaban J connectivity index is 1.95. The van der Waals surface area contributed by atoms with Crippen LogP contribution in [-0.4, -0.2) is 48.9 Å². The van der Waals surface area contributed by atoms with Crippen LogP contribution in [0.5, 0.6) is 0 Å². The van der Waals surface area contributed by atoms with E-state index in [1.54, 1.807) is 0 Å². The molecule has 1 aliphatic heterocycles. The number of nitrogens with zero attached hydrogens (tertiary/aromatic N) is 1. The fourth-order valence-corrected chi connectivity index (χ4v) is 3.24. The van der Waals surface area contributed by atoms with Crippen molar-refractivity contribution in [1.82, 2.24) is 4.98 Å². The summed E-state index contributed by atoms with van der Waals surface area (Å²) in [5, 5.41) is 10.5. The van der Waals surface area contributed by atoms with Crippen LogP contribution in [0.4, 0.5) is 5.69 Å². The molecule has 1 aromatic carbocycles. The minimum Gasteiger partial charge on any atom is -0.481 e. The lowest BCUT2D eigenvalue weighted by Crippen LogP contribution is -2.36. The number of nitrogens with one attached hydrogen (secondary N) is 1. The predicted molar refractivity (Wildman–Crippen MR) is 89.8 cm³/mol. The molecule has 1 fully saturated rings. The Bertz CT molecular complexity index is 677. The summed E-state index contributed by atoms with van der Waals surface area (Å²) in [4.78, 5) is 17.0. The minimum absolute atomic E-state index is 0.385. The van der Waals surface area contributed by atoms with E-state index in [1.165, 1.54) is 0 Å². The zero-order valence-corrected chi connectivity index (χ0v) is 13.1. The van der Waals surface area contributed by atoms with Crippen LogP contribution in [0.3, 0.4) is 0 Å². The van der Waals surface area contributed by atoms with Gasteiger partial charge in [-0.25, -0.2) is 0 Å². The second-order valence-electron chi connectivity index (χ2n) is 5.93. The first-order valence-electron chi connectivity index (χ1n) is 8.05. The lowest BCUT2D eigenvalue weighted by Gasteiger charge is -2.29. The van der Waals surface area contributed by atoms with E-state index < -0.39 is 11.9 Å². The summed E-state index contributed by atoms with van der Waals surface area (Å²) in [5.74, 6) is -1.23. The van der Waals surface area contributed by atoms with Gasteiger partial charge in [-0.15, -0.1) is 0 Å². The molecule has 1 aromatic heterocycles. The molecule has 1 saturated heterocycles. The molecule has 0 amide bonds. The number of aliphatic carboxylic acids is 1. The van der Waals surface area contributed by atoms with Crippen LogP contribution in [0.2, 0.25) is 0 Å². The van der Waals surface area contributed by atoms with Crippen LogP contribution in [0, 0.1) is 5.92 Å². The molecule has 1 aliphatic rings. The van der Waals surface area contributed by atoms with Crippen molar-refractivity contribution >= 4 is 22.6 Å². The molecular formula is C17H23N3O3. The highest BCUT2D eigenvalue weighted by Gasteiger charge is 2.21. The predicted octanol–water partition coefficient (Wildman–Crippen LogP) is 1.60. The maximum absolute atomic E-state index is 11.4.